The number of nitrogen functional groups attached to an aromatic ring is 2. The van der Waals surface area contributed by atoms with Crippen LogP contribution in [0, 0.1) is 10.8 Å². The molecule has 2 aromatic rings. The van der Waals surface area contributed by atoms with Crippen LogP contribution in [0.3, 0.4) is 0 Å². The summed E-state index contributed by atoms with van der Waals surface area (Å²) in [5.74, 6) is 1.26. The van der Waals surface area contributed by atoms with Gasteiger partial charge in [0.25, 0.3) is 0 Å². The summed E-state index contributed by atoms with van der Waals surface area (Å²) < 4.78 is 11.0. The lowest BCUT2D eigenvalue weighted by Gasteiger charge is -2.05. The number of ether oxygens (including phenoxy) is 2. The van der Waals surface area contributed by atoms with Gasteiger partial charge in [-0.1, -0.05) is 0 Å². The summed E-state index contributed by atoms with van der Waals surface area (Å²) in [5, 5.41) is 14.6. The third kappa shape index (κ3) is 5.13. The third-order valence-electron chi connectivity index (χ3n) is 3.04. The summed E-state index contributed by atoms with van der Waals surface area (Å²) in [5.41, 5.74) is 11.8. The molecule has 0 aliphatic carbocycles. The van der Waals surface area contributed by atoms with Crippen molar-refractivity contribution in [3.05, 3.63) is 66.0 Å². The van der Waals surface area contributed by atoms with E-state index in [1.165, 1.54) is 6.20 Å². The standard InChI is InChI=1S/C17H19N5O2/c18-16(19)12-3-5-13(6-4-12)23-9-1-2-10-24-14-7-8-15(17(20)21)22-11-14/h1-8,11H,9-10H2,(H3,18,19)(H3,20,21). The zero-order chi connectivity index (χ0) is 17.4. The Bertz CT molecular complexity index is 660. The van der Waals surface area contributed by atoms with Gasteiger partial charge in [-0.2, -0.15) is 0 Å². The third-order valence-corrected chi connectivity index (χ3v) is 3.04. The van der Waals surface area contributed by atoms with E-state index in [-0.39, 0.29) is 11.7 Å². The Balaban J connectivity index is 1.71. The average Bonchev–Trinajstić information content (AvgIpc) is 2.58. The molecule has 0 spiro atoms. The molecule has 124 valence electrons. The Morgan fingerprint density at radius 1 is 0.875 bits per heavy atom. The number of aromatic nitrogens is 1. The molecule has 0 saturated carbocycles. The first-order chi connectivity index (χ1) is 11.6. The summed E-state index contributed by atoms with van der Waals surface area (Å²) in [6.07, 6.45) is 5.21. The summed E-state index contributed by atoms with van der Waals surface area (Å²) in [6.45, 7) is 0.790. The van der Waals surface area contributed by atoms with Crippen LogP contribution < -0.4 is 20.9 Å². The molecular formula is C17H19N5O2. The van der Waals surface area contributed by atoms with Gasteiger partial charge in [-0.15, -0.1) is 0 Å². The predicted molar refractivity (Wildman–Crippen MR) is 92.8 cm³/mol. The van der Waals surface area contributed by atoms with Gasteiger partial charge >= 0.3 is 0 Å². The van der Waals surface area contributed by atoms with Gasteiger partial charge in [-0.05, 0) is 48.6 Å². The lowest BCUT2D eigenvalue weighted by molar-refractivity contribution is 0.349. The van der Waals surface area contributed by atoms with E-state index < -0.39 is 0 Å². The molecule has 1 aromatic heterocycles. The molecule has 0 radical (unpaired) electrons. The highest BCUT2D eigenvalue weighted by Crippen LogP contribution is 2.12. The summed E-state index contributed by atoms with van der Waals surface area (Å²) in [6, 6.07) is 10.4. The van der Waals surface area contributed by atoms with Gasteiger partial charge in [0.15, 0.2) is 0 Å². The predicted octanol–water partition coefficient (Wildman–Crippen LogP) is 1.66. The fourth-order valence-corrected chi connectivity index (χ4v) is 1.78. The molecular weight excluding hydrogens is 306 g/mol. The van der Waals surface area contributed by atoms with Crippen molar-refractivity contribution in [3.8, 4) is 11.5 Å². The summed E-state index contributed by atoms with van der Waals surface area (Å²) >= 11 is 0. The van der Waals surface area contributed by atoms with Crippen molar-refractivity contribution in [3.63, 3.8) is 0 Å². The fraction of sp³-hybridized carbons (Fsp3) is 0.118. The molecule has 7 nitrogen and oxygen atoms in total. The second kappa shape index (κ2) is 8.33. The Labute approximate surface area is 139 Å². The molecule has 0 unspecified atom stereocenters. The first-order valence-electron chi connectivity index (χ1n) is 7.22. The Hall–Kier alpha value is -3.35. The molecule has 0 aliphatic rings. The van der Waals surface area contributed by atoms with Crippen LogP contribution in [-0.4, -0.2) is 29.9 Å². The van der Waals surface area contributed by atoms with Crippen LogP contribution in [0.4, 0.5) is 0 Å². The van der Waals surface area contributed by atoms with E-state index in [2.05, 4.69) is 4.98 Å². The van der Waals surface area contributed by atoms with E-state index in [1.54, 1.807) is 36.4 Å². The minimum Gasteiger partial charge on any atom is -0.490 e. The van der Waals surface area contributed by atoms with E-state index in [9.17, 15) is 0 Å². The number of amidine groups is 2. The Kier molecular flexibility index (Phi) is 5.90. The van der Waals surface area contributed by atoms with Crippen LogP contribution in [-0.2, 0) is 0 Å². The first kappa shape index (κ1) is 17.0. The first-order valence-corrected chi connectivity index (χ1v) is 7.22. The average molecular weight is 325 g/mol. The van der Waals surface area contributed by atoms with Gasteiger partial charge < -0.3 is 20.9 Å². The van der Waals surface area contributed by atoms with Gasteiger partial charge in [0, 0.05) is 5.56 Å². The summed E-state index contributed by atoms with van der Waals surface area (Å²) in [4.78, 5) is 4.01. The molecule has 6 N–H and O–H groups in total. The maximum absolute atomic E-state index is 7.31. The smallest absolute Gasteiger partial charge is 0.141 e. The van der Waals surface area contributed by atoms with Gasteiger partial charge in [0.2, 0.25) is 0 Å². The second-order valence-corrected chi connectivity index (χ2v) is 4.82. The van der Waals surface area contributed by atoms with Gasteiger partial charge in [-0.25, -0.2) is 4.98 Å². The van der Waals surface area contributed by atoms with Crippen LogP contribution in [0.2, 0.25) is 0 Å². The lowest BCUT2D eigenvalue weighted by atomic mass is 10.2. The molecule has 1 aromatic carbocycles. The molecule has 0 fully saturated rings. The number of nitrogens with one attached hydrogen (secondary N) is 2. The normalized spacial score (nSPS) is 10.5. The van der Waals surface area contributed by atoms with Crippen LogP contribution in [0.25, 0.3) is 0 Å². The van der Waals surface area contributed by atoms with E-state index in [1.807, 2.05) is 12.2 Å². The number of nitrogens with two attached hydrogens (primary N) is 2. The molecule has 0 bridgehead atoms. The van der Waals surface area contributed by atoms with Crippen molar-refractivity contribution in [2.75, 3.05) is 13.2 Å². The number of hydrogen-bond acceptors (Lipinski definition) is 5. The van der Waals surface area contributed by atoms with Gasteiger partial charge in [0.05, 0.1) is 6.20 Å². The number of hydrogen-bond donors (Lipinski definition) is 4. The zero-order valence-electron chi connectivity index (χ0n) is 13.0. The SMILES string of the molecule is N=C(N)c1ccc(OCC=CCOc2ccc(C(=N)N)nc2)cc1. The number of pyridine rings is 1. The molecule has 0 atom stereocenters. The topological polar surface area (TPSA) is 131 Å². The minimum atomic E-state index is -0.0741. The maximum Gasteiger partial charge on any atom is 0.141 e. The molecule has 0 aliphatic heterocycles. The number of benzene rings is 1. The monoisotopic (exact) mass is 325 g/mol. The molecule has 24 heavy (non-hydrogen) atoms. The van der Waals surface area contributed by atoms with Crippen molar-refractivity contribution in [2.24, 2.45) is 11.5 Å². The van der Waals surface area contributed by atoms with Crippen molar-refractivity contribution >= 4 is 11.7 Å². The van der Waals surface area contributed by atoms with E-state index in [4.69, 9.17) is 31.8 Å². The molecule has 2 rings (SSSR count). The van der Waals surface area contributed by atoms with Gasteiger partial charge in [-0.3, -0.25) is 10.8 Å². The molecule has 7 heteroatoms. The second-order valence-electron chi connectivity index (χ2n) is 4.82. The molecule has 1 heterocycles. The maximum atomic E-state index is 7.31. The van der Waals surface area contributed by atoms with Crippen LogP contribution in [0.1, 0.15) is 11.3 Å². The zero-order valence-corrected chi connectivity index (χ0v) is 13.0. The molecule has 0 saturated heterocycles. The largest absolute Gasteiger partial charge is 0.490 e. The van der Waals surface area contributed by atoms with Crippen LogP contribution in [0.15, 0.2) is 54.7 Å². The van der Waals surface area contributed by atoms with E-state index in [0.717, 1.165) is 0 Å². The van der Waals surface area contributed by atoms with E-state index >= 15 is 0 Å². The lowest BCUT2D eigenvalue weighted by Crippen LogP contribution is -2.12. The van der Waals surface area contributed by atoms with Crippen LogP contribution >= 0.6 is 0 Å². The van der Waals surface area contributed by atoms with E-state index in [0.29, 0.717) is 36.0 Å². The fourth-order valence-electron chi connectivity index (χ4n) is 1.78. The Morgan fingerprint density at radius 2 is 1.46 bits per heavy atom. The molecule has 0 amide bonds. The van der Waals surface area contributed by atoms with Crippen molar-refractivity contribution in [2.45, 2.75) is 0 Å². The van der Waals surface area contributed by atoms with Crippen LogP contribution in [0.5, 0.6) is 11.5 Å². The van der Waals surface area contributed by atoms with Crippen molar-refractivity contribution < 1.29 is 9.47 Å². The Morgan fingerprint density at radius 3 is 1.96 bits per heavy atom. The highest BCUT2D eigenvalue weighted by Gasteiger charge is 1.99. The number of nitrogens with zero attached hydrogens (tertiary/aromatic N) is 1. The summed E-state index contributed by atoms with van der Waals surface area (Å²) in [7, 11) is 0. The van der Waals surface area contributed by atoms with Gasteiger partial charge in [0.1, 0.15) is 42.1 Å². The highest BCUT2D eigenvalue weighted by atomic mass is 16.5. The minimum absolute atomic E-state index is 0.0319. The number of rotatable bonds is 8. The van der Waals surface area contributed by atoms with Crippen molar-refractivity contribution in [1.29, 1.82) is 10.8 Å². The van der Waals surface area contributed by atoms with Crippen molar-refractivity contribution in [1.82, 2.24) is 4.98 Å². The highest BCUT2D eigenvalue weighted by molar-refractivity contribution is 5.95. The quantitative estimate of drug-likeness (QED) is 0.333.